The van der Waals surface area contributed by atoms with Gasteiger partial charge in [0.25, 0.3) is 0 Å². The van der Waals surface area contributed by atoms with Crippen LogP contribution in [0.1, 0.15) is 5.69 Å². The average molecular weight is 269 g/mol. The van der Waals surface area contributed by atoms with E-state index in [1.807, 2.05) is 30.3 Å². The van der Waals surface area contributed by atoms with Crippen molar-refractivity contribution in [3.8, 4) is 17.2 Å². The number of hydrogen-bond donors (Lipinski definition) is 0. The summed E-state index contributed by atoms with van der Waals surface area (Å²) >= 11 is 0. The molecule has 0 saturated carbocycles. The van der Waals surface area contributed by atoms with Gasteiger partial charge in [-0.05, 0) is 36.4 Å². The lowest BCUT2D eigenvalue weighted by atomic mass is 10.2. The Kier molecular flexibility index (Phi) is 3.46. The van der Waals surface area contributed by atoms with E-state index in [1.165, 1.54) is 12.1 Å². The van der Waals surface area contributed by atoms with E-state index < -0.39 is 0 Å². The van der Waals surface area contributed by atoms with E-state index in [4.69, 9.17) is 9.15 Å². The van der Waals surface area contributed by atoms with Crippen molar-refractivity contribution in [2.24, 2.45) is 0 Å². The maximum absolute atomic E-state index is 12.8. The van der Waals surface area contributed by atoms with Crippen LogP contribution in [0.15, 0.2) is 65.3 Å². The number of benzene rings is 2. The fraction of sp³-hybridized carbons (Fsp3) is 0.0625. The Labute approximate surface area is 115 Å². The standard InChI is InChI=1S/C16H12FNO2/c17-13-6-8-15(9-7-13)19-10-14-11-20-16(18-14)12-4-2-1-3-5-12/h1-9,11H,10H2. The number of oxazole rings is 1. The predicted octanol–water partition coefficient (Wildman–Crippen LogP) is 4.06. The summed E-state index contributed by atoms with van der Waals surface area (Å²) in [6, 6.07) is 15.5. The zero-order valence-corrected chi connectivity index (χ0v) is 10.6. The van der Waals surface area contributed by atoms with Gasteiger partial charge >= 0.3 is 0 Å². The molecule has 0 spiro atoms. The second-order valence-electron chi connectivity index (χ2n) is 4.25. The van der Waals surface area contributed by atoms with E-state index in [0.717, 1.165) is 5.56 Å². The van der Waals surface area contributed by atoms with Gasteiger partial charge in [-0.25, -0.2) is 9.37 Å². The van der Waals surface area contributed by atoms with Gasteiger partial charge in [-0.2, -0.15) is 0 Å². The Balaban J connectivity index is 1.67. The number of halogens is 1. The van der Waals surface area contributed by atoms with Gasteiger partial charge in [-0.3, -0.25) is 0 Å². The minimum absolute atomic E-state index is 0.280. The van der Waals surface area contributed by atoms with Crippen LogP contribution in [-0.4, -0.2) is 4.98 Å². The number of aromatic nitrogens is 1. The molecule has 0 aliphatic carbocycles. The largest absolute Gasteiger partial charge is 0.487 e. The Morgan fingerprint density at radius 2 is 1.75 bits per heavy atom. The van der Waals surface area contributed by atoms with Gasteiger partial charge in [0.15, 0.2) is 0 Å². The van der Waals surface area contributed by atoms with Crippen LogP contribution in [0, 0.1) is 5.82 Å². The Morgan fingerprint density at radius 1 is 1.00 bits per heavy atom. The highest BCUT2D eigenvalue weighted by atomic mass is 19.1. The van der Waals surface area contributed by atoms with Crippen molar-refractivity contribution in [2.75, 3.05) is 0 Å². The van der Waals surface area contributed by atoms with Gasteiger partial charge in [-0.1, -0.05) is 18.2 Å². The summed E-state index contributed by atoms with van der Waals surface area (Å²) in [5.74, 6) is 0.865. The third-order valence-electron chi connectivity index (χ3n) is 2.77. The maximum Gasteiger partial charge on any atom is 0.226 e. The van der Waals surface area contributed by atoms with E-state index in [0.29, 0.717) is 17.3 Å². The summed E-state index contributed by atoms with van der Waals surface area (Å²) < 4.78 is 23.7. The van der Waals surface area contributed by atoms with Crippen LogP contribution in [0.3, 0.4) is 0 Å². The summed E-state index contributed by atoms with van der Waals surface area (Å²) in [7, 11) is 0. The first kappa shape index (κ1) is 12.4. The highest BCUT2D eigenvalue weighted by molar-refractivity contribution is 5.52. The summed E-state index contributed by atoms with van der Waals surface area (Å²) in [6.45, 7) is 0.280. The molecule has 20 heavy (non-hydrogen) atoms. The van der Waals surface area contributed by atoms with Crippen LogP contribution in [-0.2, 0) is 6.61 Å². The van der Waals surface area contributed by atoms with E-state index in [1.54, 1.807) is 18.4 Å². The molecule has 0 saturated heterocycles. The summed E-state index contributed by atoms with van der Waals surface area (Å²) in [5.41, 5.74) is 1.61. The molecule has 0 bridgehead atoms. The molecule has 0 fully saturated rings. The molecule has 3 aromatic rings. The first-order chi connectivity index (χ1) is 9.81. The van der Waals surface area contributed by atoms with Crippen molar-refractivity contribution in [2.45, 2.75) is 6.61 Å². The van der Waals surface area contributed by atoms with Gasteiger partial charge in [0.05, 0.1) is 0 Å². The van der Waals surface area contributed by atoms with Crippen LogP contribution in [0.4, 0.5) is 4.39 Å². The van der Waals surface area contributed by atoms with Crippen LogP contribution >= 0.6 is 0 Å². The van der Waals surface area contributed by atoms with Crippen molar-refractivity contribution in [3.05, 3.63) is 72.4 Å². The lowest BCUT2D eigenvalue weighted by molar-refractivity contribution is 0.300. The number of nitrogens with zero attached hydrogens (tertiary/aromatic N) is 1. The number of rotatable bonds is 4. The molecular weight excluding hydrogens is 257 g/mol. The Morgan fingerprint density at radius 3 is 2.50 bits per heavy atom. The Hall–Kier alpha value is -2.62. The molecule has 0 unspecified atom stereocenters. The van der Waals surface area contributed by atoms with Crippen LogP contribution in [0.25, 0.3) is 11.5 Å². The van der Waals surface area contributed by atoms with Crippen LogP contribution in [0.5, 0.6) is 5.75 Å². The molecule has 0 N–H and O–H groups in total. The molecular formula is C16H12FNO2. The molecule has 1 heterocycles. The van der Waals surface area contributed by atoms with Gasteiger partial charge in [0.1, 0.15) is 30.1 Å². The molecule has 4 heteroatoms. The SMILES string of the molecule is Fc1ccc(OCc2coc(-c3ccccc3)n2)cc1. The molecule has 0 atom stereocenters. The van der Waals surface area contributed by atoms with E-state index in [9.17, 15) is 4.39 Å². The molecule has 2 aromatic carbocycles. The quantitative estimate of drug-likeness (QED) is 0.716. The fourth-order valence-corrected chi connectivity index (χ4v) is 1.77. The second-order valence-corrected chi connectivity index (χ2v) is 4.25. The fourth-order valence-electron chi connectivity index (χ4n) is 1.77. The highest BCUT2D eigenvalue weighted by Gasteiger charge is 2.06. The van der Waals surface area contributed by atoms with Gasteiger partial charge in [0.2, 0.25) is 5.89 Å². The normalized spacial score (nSPS) is 10.4. The van der Waals surface area contributed by atoms with Crippen LogP contribution < -0.4 is 4.74 Å². The summed E-state index contributed by atoms with van der Waals surface area (Å²) in [5, 5.41) is 0. The lowest BCUT2D eigenvalue weighted by Gasteiger charge is -2.02. The summed E-state index contributed by atoms with van der Waals surface area (Å²) in [6.07, 6.45) is 1.56. The zero-order chi connectivity index (χ0) is 13.8. The average Bonchev–Trinajstić information content (AvgIpc) is 2.97. The predicted molar refractivity (Wildman–Crippen MR) is 72.7 cm³/mol. The first-order valence-corrected chi connectivity index (χ1v) is 6.19. The van der Waals surface area contributed by atoms with Crippen molar-refractivity contribution in [3.63, 3.8) is 0 Å². The lowest BCUT2D eigenvalue weighted by Crippen LogP contribution is -1.95. The third-order valence-corrected chi connectivity index (χ3v) is 2.77. The van der Waals surface area contributed by atoms with Crippen molar-refractivity contribution < 1.29 is 13.5 Å². The van der Waals surface area contributed by atoms with Crippen molar-refractivity contribution >= 4 is 0 Å². The van der Waals surface area contributed by atoms with Gasteiger partial charge in [0, 0.05) is 5.56 Å². The van der Waals surface area contributed by atoms with E-state index in [-0.39, 0.29) is 12.4 Å². The minimum Gasteiger partial charge on any atom is -0.487 e. The maximum atomic E-state index is 12.8. The molecule has 0 radical (unpaired) electrons. The molecule has 1 aromatic heterocycles. The van der Waals surface area contributed by atoms with Gasteiger partial charge in [-0.15, -0.1) is 0 Å². The Bertz CT molecular complexity index is 677. The van der Waals surface area contributed by atoms with Gasteiger partial charge < -0.3 is 9.15 Å². The minimum atomic E-state index is -0.287. The molecule has 0 amide bonds. The summed E-state index contributed by atoms with van der Waals surface area (Å²) in [4.78, 5) is 4.35. The molecule has 3 rings (SSSR count). The topological polar surface area (TPSA) is 35.3 Å². The van der Waals surface area contributed by atoms with Crippen LogP contribution in [0.2, 0.25) is 0 Å². The van der Waals surface area contributed by atoms with E-state index in [2.05, 4.69) is 4.98 Å². The monoisotopic (exact) mass is 269 g/mol. The highest BCUT2D eigenvalue weighted by Crippen LogP contribution is 2.19. The number of ether oxygens (including phenoxy) is 1. The number of hydrogen-bond acceptors (Lipinski definition) is 3. The van der Waals surface area contributed by atoms with Crippen molar-refractivity contribution in [1.82, 2.24) is 4.98 Å². The first-order valence-electron chi connectivity index (χ1n) is 6.19. The second kappa shape index (κ2) is 5.57. The third kappa shape index (κ3) is 2.85. The zero-order valence-electron chi connectivity index (χ0n) is 10.6. The molecule has 0 aliphatic heterocycles. The van der Waals surface area contributed by atoms with Crippen molar-refractivity contribution in [1.29, 1.82) is 0 Å². The smallest absolute Gasteiger partial charge is 0.226 e. The molecule has 0 aliphatic rings. The van der Waals surface area contributed by atoms with E-state index >= 15 is 0 Å². The molecule has 100 valence electrons. The molecule has 3 nitrogen and oxygen atoms in total.